The minimum atomic E-state index is -0.362. The number of nitrogens with zero attached hydrogens (tertiary/aromatic N) is 7. The highest BCUT2D eigenvalue weighted by Crippen LogP contribution is 2.38. The van der Waals surface area contributed by atoms with Crippen LogP contribution in [0.5, 0.6) is 0 Å². The highest BCUT2D eigenvalue weighted by Gasteiger charge is 2.41. The molecule has 0 aliphatic carbocycles. The molecule has 1 amide bonds. The van der Waals surface area contributed by atoms with Gasteiger partial charge in [-0.2, -0.15) is 0 Å². The van der Waals surface area contributed by atoms with Crippen LogP contribution in [0.15, 0.2) is 36.5 Å². The van der Waals surface area contributed by atoms with Gasteiger partial charge in [0.05, 0.1) is 18.4 Å². The van der Waals surface area contributed by atoms with E-state index in [1.807, 2.05) is 22.8 Å². The van der Waals surface area contributed by atoms with Crippen LogP contribution in [0.3, 0.4) is 0 Å². The Labute approximate surface area is 188 Å². The van der Waals surface area contributed by atoms with Crippen molar-refractivity contribution in [2.45, 2.75) is 12.6 Å². The third-order valence-electron chi connectivity index (χ3n) is 6.17. The zero-order valence-electron chi connectivity index (χ0n) is 17.0. The van der Waals surface area contributed by atoms with Gasteiger partial charge >= 0.3 is 6.09 Å². The molecule has 0 saturated carbocycles. The fraction of sp³-hybridized carbons (Fsp3) is 0.333. The van der Waals surface area contributed by atoms with Crippen LogP contribution in [0, 0.1) is 5.82 Å². The number of carbonyl (C=O) groups is 1. The molecule has 0 spiro atoms. The maximum absolute atomic E-state index is 13.2. The number of piperazine rings is 1. The first-order valence-corrected chi connectivity index (χ1v) is 10.8. The number of carbonyl (C=O) groups excluding carboxylic acids is 1. The van der Waals surface area contributed by atoms with Gasteiger partial charge in [-0.15, -0.1) is 10.2 Å². The van der Waals surface area contributed by atoms with E-state index in [4.69, 9.17) is 16.3 Å². The molecule has 0 N–H and O–H groups in total. The number of anilines is 2. The fourth-order valence-corrected chi connectivity index (χ4v) is 4.75. The van der Waals surface area contributed by atoms with Crippen LogP contribution in [-0.4, -0.2) is 63.5 Å². The van der Waals surface area contributed by atoms with Gasteiger partial charge in [0.25, 0.3) is 0 Å². The number of aromatic nitrogens is 4. The van der Waals surface area contributed by atoms with Gasteiger partial charge < -0.3 is 14.5 Å². The van der Waals surface area contributed by atoms with Gasteiger partial charge in [0.2, 0.25) is 5.95 Å². The number of ether oxygens (including phenoxy) is 1. The number of pyridine rings is 1. The molecule has 1 aromatic carbocycles. The summed E-state index contributed by atoms with van der Waals surface area (Å²) in [5.41, 5.74) is 1.82. The molecule has 11 heteroatoms. The summed E-state index contributed by atoms with van der Waals surface area (Å²) in [5, 5.41) is 9.59. The average Bonchev–Trinajstić information content (AvgIpc) is 3.35. The molecule has 3 aliphatic rings. The van der Waals surface area contributed by atoms with E-state index in [0.29, 0.717) is 43.6 Å². The van der Waals surface area contributed by atoms with Gasteiger partial charge in [-0.3, -0.25) is 9.47 Å². The molecular formula is C21H19ClFN7O2. The van der Waals surface area contributed by atoms with Gasteiger partial charge in [-0.25, -0.2) is 14.2 Å². The van der Waals surface area contributed by atoms with Crippen molar-refractivity contribution in [3.8, 4) is 5.69 Å². The second kappa shape index (κ2) is 7.33. The van der Waals surface area contributed by atoms with Crippen molar-refractivity contribution in [3.63, 3.8) is 0 Å². The second-order valence-corrected chi connectivity index (χ2v) is 8.43. The number of hydrogen-bond donors (Lipinski definition) is 0. The average molecular weight is 456 g/mol. The van der Waals surface area contributed by atoms with Crippen molar-refractivity contribution in [1.82, 2.24) is 24.6 Å². The molecule has 6 rings (SSSR count). The van der Waals surface area contributed by atoms with Crippen molar-refractivity contribution < 1.29 is 13.9 Å². The largest absolute Gasteiger partial charge is 0.447 e. The second-order valence-electron chi connectivity index (χ2n) is 8.00. The molecule has 164 valence electrons. The summed E-state index contributed by atoms with van der Waals surface area (Å²) in [6.07, 6.45) is 0.873. The Morgan fingerprint density at radius 2 is 1.88 bits per heavy atom. The molecule has 9 nitrogen and oxygen atoms in total. The number of fused-ring (bicyclic) bond motifs is 5. The first kappa shape index (κ1) is 19.3. The number of halogens is 2. The van der Waals surface area contributed by atoms with Crippen molar-refractivity contribution in [2.75, 3.05) is 42.6 Å². The topological polar surface area (TPSA) is 79.6 Å². The Morgan fingerprint density at radius 1 is 1.06 bits per heavy atom. The Hall–Kier alpha value is -3.40. The zero-order chi connectivity index (χ0) is 21.8. The van der Waals surface area contributed by atoms with Crippen molar-refractivity contribution in [3.05, 3.63) is 58.8 Å². The Morgan fingerprint density at radius 3 is 2.66 bits per heavy atom. The molecule has 2 aromatic heterocycles. The van der Waals surface area contributed by atoms with E-state index in [9.17, 15) is 9.18 Å². The summed E-state index contributed by atoms with van der Waals surface area (Å²) in [6, 6.07) is 8.46. The molecule has 2 saturated heterocycles. The summed E-state index contributed by atoms with van der Waals surface area (Å²) in [6.45, 7) is 3.46. The minimum Gasteiger partial charge on any atom is -0.447 e. The Kier molecular flexibility index (Phi) is 4.42. The van der Waals surface area contributed by atoms with E-state index in [1.54, 1.807) is 11.0 Å². The number of benzene rings is 1. The van der Waals surface area contributed by atoms with E-state index in [0.717, 1.165) is 23.0 Å². The van der Waals surface area contributed by atoms with Crippen molar-refractivity contribution in [1.29, 1.82) is 0 Å². The fourth-order valence-electron chi connectivity index (χ4n) is 4.55. The first-order valence-electron chi connectivity index (χ1n) is 10.4. The molecule has 0 radical (unpaired) electrons. The summed E-state index contributed by atoms with van der Waals surface area (Å²) >= 11 is 6.26. The lowest BCUT2D eigenvalue weighted by Gasteiger charge is -2.36. The van der Waals surface area contributed by atoms with E-state index in [1.165, 1.54) is 12.3 Å². The van der Waals surface area contributed by atoms with Crippen LogP contribution in [0.4, 0.5) is 21.0 Å². The van der Waals surface area contributed by atoms with Gasteiger partial charge in [0.15, 0.2) is 5.82 Å². The van der Waals surface area contributed by atoms with E-state index in [-0.39, 0.29) is 24.6 Å². The third kappa shape index (κ3) is 3.05. The molecule has 1 unspecified atom stereocenters. The lowest BCUT2D eigenvalue weighted by atomic mass is 10.1. The Bertz CT molecular complexity index is 1190. The van der Waals surface area contributed by atoms with Gasteiger partial charge in [0.1, 0.15) is 24.3 Å². The van der Waals surface area contributed by atoms with Gasteiger partial charge in [-0.1, -0.05) is 11.6 Å². The number of amides is 1. The smallest absolute Gasteiger partial charge is 0.410 e. The summed E-state index contributed by atoms with van der Waals surface area (Å²) < 4.78 is 20.5. The third-order valence-corrected chi connectivity index (χ3v) is 6.40. The highest BCUT2D eigenvalue weighted by atomic mass is 35.5. The molecule has 5 heterocycles. The molecule has 32 heavy (non-hydrogen) atoms. The SMILES string of the molecule is O=C1OCC2c3nnc(N4CCN(c5ccc(F)cn5)CC4)n3-c3ccc(Cl)cc3CN12. The maximum Gasteiger partial charge on any atom is 0.410 e. The van der Waals surface area contributed by atoms with Gasteiger partial charge in [-0.05, 0) is 35.9 Å². The number of hydrogen-bond acceptors (Lipinski definition) is 7. The molecule has 1 atom stereocenters. The number of rotatable bonds is 2. The molecule has 3 aromatic rings. The van der Waals surface area contributed by atoms with Crippen LogP contribution in [-0.2, 0) is 11.3 Å². The zero-order valence-corrected chi connectivity index (χ0v) is 17.7. The van der Waals surface area contributed by atoms with E-state index in [2.05, 4.69) is 25.0 Å². The maximum atomic E-state index is 13.2. The number of cyclic esters (lactones) is 1. The van der Waals surface area contributed by atoms with Gasteiger partial charge in [0, 0.05) is 31.2 Å². The van der Waals surface area contributed by atoms with Crippen LogP contribution in [0.1, 0.15) is 17.4 Å². The summed E-state index contributed by atoms with van der Waals surface area (Å²) in [7, 11) is 0. The van der Waals surface area contributed by atoms with Crippen LogP contribution < -0.4 is 9.80 Å². The monoisotopic (exact) mass is 455 g/mol. The van der Waals surface area contributed by atoms with E-state index < -0.39 is 0 Å². The van der Waals surface area contributed by atoms with Crippen molar-refractivity contribution in [2.24, 2.45) is 0 Å². The lowest BCUT2D eigenvalue weighted by molar-refractivity contribution is 0.156. The quantitative estimate of drug-likeness (QED) is 0.587. The predicted octanol–water partition coefficient (Wildman–Crippen LogP) is 2.79. The molecule has 2 fully saturated rings. The van der Waals surface area contributed by atoms with E-state index >= 15 is 0 Å². The summed E-state index contributed by atoms with van der Waals surface area (Å²) in [5.74, 6) is 1.80. The molecular weight excluding hydrogens is 437 g/mol. The molecule has 0 bridgehead atoms. The minimum absolute atomic E-state index is 0.239. The summed E-state index contributed by atoms with van der Waals surface area (Å²) in [4.78, 5) is 22.5. The lowest BCUT2D eigenvalue weighted by Crippen LogP contribution is -2.47. The highest BCUT2D eigenvalue weighted by molar-refractivity contribution is 6.30. The Balaban J connectivity index is 1.35. The standard InChI is InChI=1S/C21H19ClFN7O2/c22-14-1-3-16-13(9-14)11-29-17(12-32-21(29)31)19-25-26-20(30(16)19)28-7-5-27(6-8-28)18-4-2-15(23)10-24-18/h1-4,9-10,17H,5-8,11-12H2. The normalized spacial score (nSPS) is 19.9. The van der Waals surface area contributed by atoms with Crippen LogP contribution in [0.2, 0.25) is 5.02 Å². The van der Waals surface area contributed by atoms with Crippen LogP contribution >= 0.6 is 11.6 Å². The predicted molar refractivity (Wildman–Crippen MR) is 115 cm³/mol. The van der Waals surface area contributed by atoms with Crippen LogP contribution in [0.25, 0.3) is 5.69 Å². The van der Waals surface area contributed by atoms with Crippen molar-refractivity contribution >= 4 is 29.5 Å². The first-order chi connectivity index (χ1) is 15.6. The molecule has 3 aliphatic heterocycles.